The fraction of sp³-hybridized carbons (Fsp3) is 0.462. The first-order valence-corrected chi connectivity index (χ1v) is 12.3. The van der Waals surface area contributed by atoms with Crippen LogP contribution < -0.4 is 20.3 Å². The Labute approximate surface area is 213 Å². The number of fused-ring (bicyclic) bond motifs is 1. The van der Waals surface area contributed by atoms with Crippen molar-refractivity contribution >= 4 is 23.3 Å². The van der Waals surface area contributed by atoms with Crippen molar-refractivity contribution in [3.63, 3.8) is 0 Å². The van der Waals surface area contributed by atoms with E-state index >= 15 is 0 Å². The lowest BCUT2D eigenvalue weighted by Gasteiger charge is -2.36. The second-order valence-electron chi connectivity index (χ2n) is 9.60. The topological polar surface area (TPSA) is 68.6 Å². The van der Waals surface area contributed by atoms with Gasteiger partial charge in [-0.2, -0.15) is 0 Å². The van der Waals surface area contributed by atoms with Gasteiger partial charge >= 0.3 is 0 Å². The van der Waals surface area contributed by atoms with Crippen molar-refractivity contribution in [3.05, 3.63) is 63.7 Å². The number of aryl methyl sites for hydroxylation is 1. The largest absolute Gasteiger partial charge is 0.486 e. The minimum atomic E-state index is -0.616. The fourth-order valence-corrected chi connectivity index (χ4v) is 5.63. The molecule has 0 amide bonds. The second-order valence-corrected chi connectivity index (χ2v) is 9.60. The van der Waals surface area contributed by atoms with Crippen molar-refractivity contribution in [3.8, 4) is 11.5 Å². The summed E-state index contributed by atoms with van der Waals surface area (Å²) in [7, 11) is 0. The van der Waals surface area contributed by atoms with Crippen LogP contribution in [0.15, 0.2) is 35.3 Å². The van der Waals surface area contributed by atoms with Gasteiger partial charge in [-0.1, -0.05) is 0 Å². The van der Waals surface area contributed by atoms with Gasteiger partial charge in [-0.05, 0) is 38.4 Å². The third kappa shape index (κ3) is 4.67. The quantitative estimate of drug-likeness (QED) is 0.556. The number of pyridine rings is 2. The van der Waals surface area contributed by atoms with Crippen molar-refractivity contribution < 1.29 is 18.3 Å². The maximum absolute atomic E-state index is 15.0. The third-order valence-electron chi connectivity index (χ3n) is 7.44. The Morgan fingerprint density at radius 3 is 2.58 bits per heavy atom. The number of nitrogens with one attached hydrogen (secondary N) is 1. The number of benzene rings is 1. The van der Waals surface area contributed by atoms with E-state index in [1.54, 1.807) is 6.20 Å². The average Bonchev–Trinajstić information content (AvgIpc) is 2.87. The summed E-state index contributed by atoms with van der Waals surface area (Å²) in [5, 5.41) is 3.91. The smallest absolute Gasteiger partial charge is 0.251 e. The van der Waals surface area contributed by atoms with Crippen LogP contribution in [-0.2, 0) is 13.1 Å². The van der Waals surface area contributed by atoms with Crippen LogP contribution in [0.25, 0.3) is 10.9 Å². The molecule has 1 unspecified atom stereocenters. The van der Waals surface area contributed by atoms with Crippen molar-refractivity contribution in [1.29, 1.82) is 0 Å². The summed E-state index contributed by atoms with van der Waals surface area (Å²) in [6.45, 7) is 4.75. The fourth-order valence-electron chi connectivity index (χ4n) is 5.63. The Bertz CT molecular complexity index is 1330. The summed E-state index contributed by atoms with van der Waals surface area (Å²) >= 11 is 0. The van der Waals surface area contributed by atoms with E-state index in [9.17, 15) is 13.6 Å². The third-order valence-corrected chi connectivity index (χ3v) is 7.44. The molecule has 1 atom stereocenters. The number of hydrogen-bond donors (Lipinski definition) is 1. The monoisotopic (exact) mass is 518 g/mol. The SMILES string of the molecule is Cl.O=c1ccc2c(F)cc(F)c3c2n1CCC3CN1CCC(NCc2cc3c(cn2)OCCO3)CC1. The van der Waals surface area contributed by atoms with E-state index in [1.165, 1.54) is 16.7 Å². The second kappa shape index (κ2) is 10.3. The van der Waals surface area contributed by atoms with Gasteiger partial charge < -0.3 is 24.3 Å². The summed E-state index contributed by atoms with van der Waals surface area (Å²) in [6, 6.07) is 6.11. The zero-order valence-corrected chi connectivity index (χ0v) is 20.7. The first-order valence-electron chi connectivity index (χ1n) is 12.3. The van der Waals surface area contributed by atoms with Crippen molar-refractivity contribution in [1.82, 2.24) is 19.8 Å². The van der Waals surface area contributed by atoms with E-state index in [0.29, 0.717) is 67.5 Å². The van der Waals surface area contributed by atoms with E-state index in [0.717, 1.165) is 43.4 Å². The van der Waals surface area contributed by atoms with Gasteiger partial charge in [0.2, 0.25) is 0 Å². The molecule has 0 aliphatic carbocycles. The van der Waals surface area contributed by atoms with Crippen molar-refractivity contribution in [2.24, 2.45) is 0 Å². The predicted octanol–water partition coefficient (Wildman–Crippen LogP) is 3.61. The molecule has 1 fully saturated rings. The molecular formula is C26H29ClF2N4O3. The van der Waals surface area contributed by atoms with Gasteiger partial charge in [0.1, 0.15) is 24.8 Å². The van der Waals surface area contributed by atoms with Crippen LogP contribution in [0.2, 0.25) is 0 Å². The number of halogens is 3. The normalized spacial score (nSPS) is 19.8. The number of ether oxygens (including phenoxy) is 2. The highest BCUT2D eigenvalue weighted by Crippen LogP contribution is 2.36. The molecule has 5 heterocycles. The van der Waals surface area contributed by atoms with Gasteiger partial charge in [-0.15, -0.1) is 12.4 Å². The van der Waals surface area contributed by atoms with Crippen molar-refractivity contribution in [2.45, 2.75) is 44.3 Å². The number of likely N-dealkylation sites (tertiary alicyclic amines) is 1. The Morgan fingerprint density at radius 2 is 1.78 bits per heavy atom. The Kier molecular flexibility index (Phi) is 7.14. The first-order chi connectivity index (χ1) is 17.1. The van der Waals surface area contributed by atoms with Gasteiger partial charge in [-0.25, -0.2) is 8.78 Å². The summed E-state index contributed by atoms with van der Waals surface area (Å²) in [6.07, 6.45) is 4.35. The highest BCUT2D eigenvalue weighted by atomic mass is 35.5. The van der Waals surface area contributed by atoms with E-state index in [4.69, 9.17) is 9.47 Å². The average molecular weight is 519 g/mol. The number of rotatable bonds is 5. The zero-order valence-electron chi connectivity index (χ0n) is 19.8. The van der Waals surface area contributed by atoms with Crippen LogP contribution in [0, 0.1) is 11.6 Å². The minimum Gasteiger partial charge on any atom is -0.486 e. The van der Waals surface area contributed by atoms with Gasteiger partial charge in [0.25, 0.3) is 5.56 Å². The molecular weight excluding hydrogens is 490 g/mol. The molecule has 0 bridgehead atoms. The maximum Gasteiger partial charge on any atom is 0.251 e. The van der Waals surface area contributed by atoms with Crippen LogP contribution in [0.5, 0.6) is 11.5 Å². The maximum atomic E-state index is 15.0. The van der Waals surface area contributed by atoms with Crippen molar-refractivity contribution in [2.75, 3.05) is 32.8 Å². The molecule has 2 aromatic heterocycles. The minimum absolute atomic E-state index is 0. The lowest BCUT2D eigenvalue weighted by atomic mass is 9.88. The highest BCUT2D eigenvalue weighted by Gasteiger charge is 2.30. The molecule has 3 aliphatic heterocycles. The zero-order chi connectivity index (χ0) is 23.9. The molecule has 0 spiro atoms. The molecule has 192 valence electrons. The van der Waals surface area contributed by atoms with E-state index < -0.39 is 11.6 Å². The van der Waals surface area contributed by atoms with Crippen LogP contribution in [-0.4, -0.2) is 53.3 Å². The number of nitrogens with zero attached hydrogens (tertiary/aromatic N) is 3. The van der Waals surface area contributed by atoms with Crippen LogP contribution >= 0.6 is 12.4 Å². The molecule has 1 aromatic carbocycles. The summed E-state index contributed by atoms with van der Waals surface area (Å²) in [4.78, 5) is 19.1. The molecule has 3 aromatic rings. The van der Waals surface area contributed by atoms with Crippen LogP contribution in [0.3, 0.4) is 0 Å². The summed E-state index contributed by atoms with van der Waals surface area (Å²) in [5.41, 5.74) is 1.62. The number of hydrogen-bond acceptors (Lipinski definition) is 6. The Hall–Kier alpha value is -2.75. The molecule has 3 aliphatic rings. The Balaban J connectivity index is 0.00000267. The van der Waals surface area contributed by atoms with Crippen LogP contribution in [0.4, 0.5) is 8.78 Å². The molecule has 10 heteroatoms. The van der Waals surface area contributed by atoms with Gasteiger partial charge in [-0.3, -0.25) is 9.78 Å². The Morgan fingerprint density at radius 1 is 1.00 bits per heavy atom. The molecule has 7 nitrogen and oxygen atoms in total. The molecule has 36 heavy (non-hydrogen) atoms. The van der Waals surface area contributed by atoms with E-state index in [1.807, 2.05) is 6.07 Å². The first kappa shape index (κ1) is 24.9. The number of aromatic nitrogens is 2. The molecule has 0 radical (unpaired) electrons. The molecule has 1 N–H and O–H groups in total. The van der Waals surface area contributed by atoms with Gasteiger partial charge in [0.05, 0.1) is 17.4 Å². The lowest BCUT2D eigenvalue weighted by Crippen LogP contribution is -2.44. The summed E-state index contributed by atoms with van der Waals surface area (Å²) < 4.78 is 42.1. The number of piperidine rings is 1. The molecule has 1 saturated heterocycles. The van der Waals surface area contributed by atoms with E-state index in [-0.39, 0.29) is 23.9 Å². The van der Waals surface area contributed by atoms with E-state index in [2.05, 4.69) is 15.2 Å². The predicted molar refractivity (Wildman–Crippen MR) is 134 cm³/mol. The van der Waals surface area contributed by atoms with Gasteiger partial charge in [0, 0.05) is 60.7 Å². The summed E-state index contributed by atoms with van der Waals surface area (Å²) in [5.74, 6) is 0.207. The molecule has 6 rings (SSSR count). The van der Waals surface area contributed by atoms with Gasteiger partial charge in [0.15, 0.2) is 11.5 Å². The molecule has 0 saturated carbocycles. The lowest BCUT2D eigenvalue weighted by molar-refractivity contribution is 0.170. The highest BCUT2D eigenvalue weighted by molar-refractivity contribution is 5.85. The van der Waals surface area contributed by atoms with Crippen LogP contribution in [0.1, 0.15) is 36.4 Å². The standard InChI is InChI=1S/C26H28F2N4O3.ClH/c27-20-12-21(28)25-16(3-8-32-24(33)2-1-19(20)26(25)32)15-31-6-4-17(5-7-31)29-13-18-11-22-23(14-30-18)35-10-9-34-22;/h1-2,11-12,14,16-17,29H,3-10,13,15H2;1H.